The first-order chi connectivity index (χ1) is 8.70. The van der Waals surface area contributed by atoms with Crippen molar-refractivity contribution in [1.82, 2.24) is 5.43 Å². The fraction of sp³-hybridized carbons (Fsp3) is 0.600. The zero-order valence-corrected chi connectivity index (χ0v) is 11.4. The van der Waals surface area contributed by atoms with Crippen LogP contribution in [0.5, 0.6) is 0 Å². The molecule has 0 saturated carbocycles. The Morgan fingerprint density at radius 3 is 2.56 bits per heavy atom. The molecule has 18 heavy (non-hydrogen) atoms. The predicted octanol–water partition coefficient (Wildman–Crippen LogP) is 2.36. The molecule has 1 aliphatic heterocycles. The zero-order valence-electron chi connectivity index (χ0n) is 11.4. The number of benzene rings is 1. The molecule has 2 atom stereocenters. The Balaban J connectivity index is 1.98. The molecule has 2 rings (SSSR count). The molecule has 1 aliphatic rings. The number of hydrogen-bond donors (Lipinski definition) is 2. The normalized spacial score (nSPS) is 21.4. The molecule has 100 valence electrons. The number of hydrogen-bond acceptors (Lipinski definition) is 3. The Morgan fingerprint density at radius 1 is 1.33 bits per heavy atom. The molecule has 1 aromatic carbocycles. The molecule has 0 aromatic heterocycles. The summed E-state index contributed by atoms with van der Waals surface area (Å²) in [5, 5.41) is 0. The van der Waals surface area contributed by atoms with Gasteiger partial charge in [-0.1, -0.05) is 38.1 Å². The summed E-state index contributed by atoms with van der Waals surface area (Å²) in [6.07, 6.45) is 3.45. The second-order valence-corrected chi connectivity index (χ2v) is 5.43. The third-order valence-corrected chi connectivity index (χ3v) is 3.73. The Labute approximate surface area is 110 Å². The van der Waals surface area contributed by atoms with Gasteiger partial charge in [0, 0.05) is 6.61 Å². The van der Waals surface area contributed by atoms with Gasteiger partial charge in [0.25, 0.3) is 0 Å². The number of nitrogens with two attached hydrogens (primary N) is 1. The second kappa shape index (κ2) is 6.32. The average Bonchev–Trinajstić information content (AvgIpc) is 2.90. The SMILES string of the molecule is CC(C)c1ccc(CC(NN)C2CCCO2)cc1. The number of ether oxygens (including phenoxy) is 1. The van der Waals surface area contributed by atoms with Gasteiger partial charge in [0.2, 0.25) is 0 Å². The summed E-state index contributed by atoms with van der Waals surface area (Å²) in [6, 6.07) is 9.05. The third-order valence-electron chi connectivity index (χ3n) is 3.73. The lowest BCUT2D eigenvalue weighted by Crippen LogP contribution is -2.45. The predicted molar refractivity (Wildman–Crippen MR) is 74.3 cm³/mol. The molecule has 0 amide bonds. The van der Waals surface area contributed by atoms with Crippen LogP contribution in [0.1, 0.15) is 43.7 Å². The van der Waals surface area contributed by atoms with E-state index in [1.54, 1.807) is 0 Å². The maximum absolute atomic E-state index is 5.70. The van der Waals surface area contributed by atoms with E-state index in [4.69, 9.17) is 10.6 Å². The van der Waals surface area contributed by atoms with Gasteiger partial charge in [0.15, 0.2) is 0 Å². The molecule has 0 radical (unpaired) electrons. The van der Waals surface area contributed by atoms with E-state index in [1.807, 2.05) is 0 Å². The van der Waals surface area contributed by atoms with Crippen molar-refractivity contribution in [2.24, 2.45) is 5.84 Å². The van der Waals surface area contributed by atoms with Crippen molar-refractivity contribution < 1.29 is 4.74 Å². The molecular weight excluding hydrogens is 224 g/mol. The highest BCUT2D eigenvalue weighted by molar-refractivity contribution is 5.25. The zero-order chi connectivity index (χ0) is 13.0. The lowest BCUT2D eigenvalue weighted by Gasteiger charge is -2.22. The maximum Gasteiger partial charge on any atom is 0.0745 e. The van der Waals surface area contributed by atoms with Gasteiger partial charge in [0.05, 0.1) is 12.1 Å². The maximum atomic E-state index is 5.70. The van der Waals surface area contributed by atoms with Gasteiger partial charge in [0.1, 0.15) is 0 Å². The van der Waals surface area contributed by atoms with E-state index in [0.29, 0.717) is 5.92 Å². The Bertz CT molecular complexity index is 355. The Morgan fingerprint density at radius 2 is 2.06 bits per heavy atom. The minimum absolute atomic E-state index is 0.220. The first-order valence-electron chi connectivity index (χ1n) is 6.87. The van der Waals surface area contributed by atoms with Gasteiger partial charge in [-0.25, -0.2) is 0 Å². The summed E-state index contributed by atoms with van der Waals surface area (Å²) >= 11 is 0. The van der Waals surface area contributed by atoms with Crippen LogP contribution in [0.3, 0.4) is 0 Å². The molecule has 0 bridgehead atoms. The van der Waals surface area contributed by atoms with Crippen molar-refractivity contribution in [1.29, 1.82) is 0 Å². The molecule has 3 heteroatoms. The fourth-order valence-electron chi connectivity index (χ4n) is 2.51. The van der Waals surface area contributed by atoms with E-state index in [0.717, 1.165) is 25.9 Å². The lowest BCUT2D eigenvalue weighted by molar-refractivity contribution is 0.0784. The van der Waals surface area contributed by atoms with Crippen molar-refractivity contribution >= 4 is 0 Å². The van der Waals surface area contributed by atoms with Crippen molar-refractivity contribution in [2.75, 3.05) is 6.61 Å². The Hall–Kier alpha value is -0.900. The monoisotopic (exact) mass is 248 g/mol. The van der Waals surface area contributed by atoms with Crippen molar-refractivity contribution in [3.63, 3.8) is 0 Å². The summed E-state index contributed by atoms with van der Waals surface area (Å²) in [5.41, 5.74) is 5.60. The first-order valence-corrected chi connectivity index (χ1v) is 6.87. The van der Waals surface area contributed by atoms with Crippen LogP contribution < -0.4 is 11.3 Å². The van der Waals surface area contributed by atoms with Crippen LogP contribution in [0.2, 0.25) is 0 Å². The van der Waals surface area contributed by atoms with Gasteiger partial charge in [-0.2, -0.15) is 0 Å². The molecule has 2 unspecified atom stereocenters. The highest BCUT2D eigenvalue weighted by atomic mass is 16.5. The molecule has 3 N–H and O–H groups in total. The molecule has 3 nitrogen and oxygen atoms in total. The van der Waals surface area contributed by atoms with Crippen LogP contribution in [0.4, 0.5) is 0 Å². The highest BCUT2D eigenvalue weighted by Gasteiger charge is 2.25. The fourth-order valence-corrected chi connectivity index (χ4v) is 2.51. The molecule has 1 saturated heterocycles. The number of hydrazine groups is 1. The van der Waals surface area contributed by atoms with E-state index in [2.05, 4.69) is 43.5 Å². The van der Waals surface area contributed by atoms with E-state index in [-0.39, 0.29) is 12.1 Å². The molecule has 0 spiro atoms. The number of rotatable bonds is 5. The van der Waals surface area contributed by atoms with Crippen LogP contribution >= 0.6 is 0 Å². The topological polar surface area (TPSA) is 47.3 Å². The molecule has 1 fully saturated rings. The quantitative estimate of drug-likeness (QED) is 0.621. The van der Waals surface area contributed by atoms with Gasteiger partial charge >= 0.3 is 0 Å². The van der Waals surface area contributed by atoms with Gasteiger partial charge < -0.3 is 4.74 Å². The molecule has 0 aliphatic carbocycles. The summed E-state index contributed by atoms with van der Waals surface area (Å²) in [5.74, 6) is 6.23. The third kappa shape index (κ3) is 3.31. The van der Waals surface area contributed by atoms with E-state index < -0.39 is 0 Å². The van der Waals surface area contributed by atoms with Crippen molar-refractivity contribution in [2.45, 2.75) is 51.2 Å². The second-order valence-electron chi connectivity index (χ2n) is 5.43. The minimum Gasteiger partial charge on any atom is -0.377 e. The minimum atomic E-state index is 0.220. The van der Waals surface area contributed by atoms with Gasteiger partial charge in [-0.15, -0.1) is 0 Å². The largest absolute Gasteiger partial charge is 0.377 e. The molecule has 1 heterocycles. The summed E-state index contributed by atoms with van der Waals surface area (Å²) in [7, 11) is 0. The Kier molecular flexibility index (Phi) is 4.75. The van der Waals surface area contributed by atoms with E-state index in [9.17, 15) is 0 Å². The highest BCUT2D eigenvalue weighted by Crippen LogP contribution is 2.20. The van der Waals surface area contributed by atoms with Crippen LogP contribution in [-0.4, -0.2) is 18.8 Å². The summed E-state index contributed by atoms with van der Waals surface area (Å²) in [6.45, 7) is 5.30. The van der Waals surface area contributed by atoms with Crippen LogP contribution in [0.25, 0.3) is 0 Å². The van der Waals surface area contributed by atoms with E-state index in [1.165, 1.54) is 11.1 Å². The summed E-state index contributed by atoms with van der Waals surface area (Å²) in [4.78, 5) is 0. The van der Waals surface area contributed by atoms with Crippen molar-refractivity contribution in [3.8, 4) is 0 Å². The molecular formula is C15H24N2O. The first kappa shape index (κ1) is 13.5. The van der Waals surface area contributed by atoms with Crippen molar-refractivity contribution in [3.05, 3.63) is 35.4 Å². The van der Waals surface area contributed by atoms with E-state index >= 15 is 0 Å². The lowest BCUT2D eigenvalue weighted by atomic mass is 9.97. The average molecular weight is 248 g/mol. The number of nitrogens with one attached hydrogen (secondary N) is 1. The van der Waals surface area contributed by atoms with Crippen LogP contribution in [0, 0.1) is 0 Å². The van der Waals surface area contributed by atoms with Gasteiger partial charge in [-0.05, 0) is 36.3 Å². The standard InChI is InChI=1S/C15H24N2O/c1-11(2)13-7-5-12(6-8-13)10-14(17-16)15-4-3-9-18-15/h5-8,11,14-15,17H,3-4,9-10,16H2,1-2H3. The molecule has 1 aromatic rings. The van der Waals surface area contributed by atoms with Crippen LogP contribution in [-0.2, 0) is 11.2 Å². The summed E-state index contributed by atoms with van der Waals surface area (Å²) < 4.78 is 5.70. The van der Waals surface area contributed by atoms with Gasteiger partial charge in [-0.3, -0.25) is 11.3 Å². The smallest absolute Gasteiger partial charge is 0.0745 e. The van der Waals surface area contributed by atoms with Crippen LogP contribution in [0.15, 0.2) is 24.3 Å².